The highest BCUT2D eigenvalue weighted by Gasteiger charge is 2.28. The summed E-state index contributed by atoms with van der Waals surface area (Å²) in [7, 11) is 1.62. The summed E-state index contributed by atoms with van der Waals surface area (Å²) in [6.45, 7) is 4.91. The van der Waals surface area contributed by atoms with Crippen LogP contribution in [0.5, 0.6) is 0 Å². The van der Waals surface area contributed by atoms with Gasteiger partial charge in [0.05, 0.1) is 39.9 Å². The highest BCUT2D eigenvalue weighted by atomic mass is 31.2. The maximum atomic E-state index is 12.9. The first-order valence-corrected chi connectivity index (χ1v) is 29.5. The highest BCUT2D eigenvalue weighted by Crippen LogP contribution is 2.43. The van der Waals surface area contributed by atoms with Crippen LogP contribution in [0.25, 0.3) is 0 Å². The van der Waals surface area contributed by atoms with E-state index in [1.807, 2.05) is 21.1 Å². The van der Waals surface area contributed by atoms with E-state index < -0.39 is 20.0 Å². The molecule has 0 aromatic carbocycles. The average Bonchev–Trinajstić information content (AvgIpc) is 3.25. The Balaban J connectivity index is 4.10. The van der Waals surface area contributed by atoms with Crippen molar-refractivity contribution in [3.63, 3.8) is 0 Å². The van der Waals surface area contributed by atoms with Crippen LogP contribution in [0.3, 0.4) is 0 Å². The van der Waals surface area contributed by atoms with Crippen molar-refractivity contribution in [3.8, 4) is 0 Å². The first-order chi connectivity index (χ1) is 31.0. The van der Waals surface area contributed by atoms with Crippen LogP contribution in [0.1, 0.15) is 284 Å². The molecule has 0 fully saturated rings. The smallest absolute Gasteiger partial charge is 0.391 e. The molecule has 9 heteroatoms. The van der Waals surface area contributed by atoms with Crippen molar-refractivity contribution < 1.29 is 32.9 Å². The lowest BCUT2D eigenvalue weighted by Crippen LogP contribution is -2.46. The van der Waals surface area contributed by atoms with Gasteiger partial charge >= 0.3 is 7.82 Å². The fourth-order valence-electron chi connectivity index (χ4n) is 8.57. The number of amides is 1. The molecule has 0 bridgehead atoms. The van der Waals surface area contributed by atoms with Crippen molar-refractivity contribution in [1.29, 1.82) is 0 Å². The predicted octanol–water partition coefficient (Wildman–Crippen LogP) is 16.7. The number of phosphoric acid groups is 1. The molecule has 0 rings (SSSR count). The molecule has 0 aliphatic rings. The number of rotatable bonds is 52. The molecule has 0 aromatic heterocycles. The number of carbonyl (C=O) groups is 1. The summed E-state index contributed by atoms with van der Waals surface area (Å²) >= 11 is 0. The van der Waals surface area contributed by atoms with Crippen LogP contribution < -0.4 is 5.32 Å². The number of quaternary nitrogens is 1. The lowest BCUT2D eigenvalue weighted by Gasteiger charge is -2.26. The minimum Gasteiger partial charge on any atom is -0.391 e. The number of carbonyl (C=O) groups excluding carboxylic acids is 1. The molecule has 0 heterocycles. The van der Waals surface area contributed by atoms with E-state index in [0.717, 1.165) is 51.4 Å². The van der Waals surface area contributed by atoms with Gasteiger partial charge in [-0.1, -0.05) is 251 Å². The van der Waals surface area contributed by atoms with E-state index in [-0.39, 0.29) is 19.1 Å². The zero-order chi connectivity index (χ0) is 47.1. The number of phosphoric ester groups is 1. The number of aliphatic hydroxyl groups excluding tert-OH is 1. The van der Waals surface area contributed by atoms with Crippen LogP contribution in [-0.4, -0.2) is 73.4 Å². The lowest BCUT2D eigenvalue weighted by atomic mass is 10.0. The van der Waals surface area contributed by atoms with Gasteiger partial charge in [0.15, 0.2) is 0 Å². The zero-order valence-electron chi connectivity index (χ0n) is 43.6. The van der Waals surface area contributed by atoms with Crippen molar-refractivity contribution in [2.24, 2.45) is 0 Å². The largest absolute Gasteiger partial charge is 0.472 e. The Morgan fingerprint density at radius 1 is 0.516 bits per heavy atom. The number of hydrogen-bond acceptors (Lipinski definition) is 5. The Morgan fingerprint density at radius 2 is 0.844 bits per heavy atom. The molecule has 0 aromatic rings. The third-order valence-corrected chi connectivity index (χ3v) is 14.0. The second-order valence-corrected chi connectivity index (χ2v) is 22.1. The summed E-state index contributed by atoms with van der Waals surface area (Å²) in [5.74, 6) is -0.149. The molecule has 64 heavy (non-hydrogen) atoms. The second-order valence-electron chi connectivity index (χ2n) is 20.7. The minimum atomic E-state index is -4.32. The van der Waals surface area contributed by atoms with E-state index in [2.05, 4.69) is 31.3 Å². The molecule has 3 atom stereocenters. The van der Waals surface area contributed by atoms with Crippen molar-refractivity contribution in [2.45, 2.75) is 296 Å². The topological polar surface area (TPSA) is 105 Å². The van der Waals surface area contributed by atoms with Crippen LogP contribution in [0.15, 0.2) is 12.2 Å². The molecule has 0 saturated carbocycles. The van der Waals surface area contributed by atoms with Gasteiger partial charge < -0.3 is 19.8 Å². The van der Waals surface area contributed by atoms with Crippen LogP contribution >= 0.6 is 7.82 Å². The molecular formula is C55H112N2O6P+. The Labute approximate surface area is 399 Å². The first kappa shape index (κ1) is 63.2. The molecule has 0 aliphatic carbocycles. The SMILES string of the molecule is CCCCCCCC/C=C\CCCCCCCC(=O)NC(COP(=O)(O)OCC[N+](C)(C)C)C(O)CCCCCCCCCCCCCCCCCCCCCCCCCCCCC. The highest BCUT2D eigenvalue weighted by molar-refractivity contribution is 7.47. The quantitative estimate of drug-likeness (QED) is 0.0243. The normalized spacial score (nSPS) is 14.0. The predicted molar refractivity (Wildman–Crippen MR) is 277 cm³/mol. The molecule has 8 nitrogen and oxygen atoms in total. The average molecular weight is 928 g/mol. The van der Waals surface area contributed by atoms with E-state index in [1.165, 1.54) is 205 Å². The van der Waals surface area contributed by atoms with Crippen LogP contribution in [0, 0.1) is 0 Å². The van der Waals surface area contributed by atoms with Gasteiger partial charge in [-0.3, -0.25) is 13.8 Å². The van der Waals surface area contributed by atoms with Gasteiger partial charge in [-0.2, -0.15) is 0 Å². The van der Waals surface area contributed by atoms with Gasteiger partial charge in [-0.15, -0.1) is 0 Å². The summed E-state index contributed by atoms with van der Waals surface area (Å²) in [5, 5.41) is 14.0. The number of hydrogen-bond donors (Lipinski definition) is 3. The van der Waals surface area contributed by atoms with Gasteiger partial charge in [0.2, 0.25) is 5.91 Å². The van der Waals surface area contributed by atoms with Gasteiger partial charge in [0.25, 0.3) is 0 Å². The number of likely N-dealkylation sites (N-methyl/N-ethyl adjacent to an activating group) is 1. The molecule has 3 unspecified atom stereocenters. The lowest BCUT2D eigenvalue weighted by molar-refractivity contribution is -0.870. The van der Waals surface area contributed by atoms with Gasteiger partial charge in [0, 0.05) is 6.42 Å². The molecule has 382 valence electrons. The Hall–Kier alpha value is -0.760. The van der Waals surface area contributed by atoms with Gasteiger partial charge in [-0.25, -0.2) is 4.57 Å². The van der Waals surface area contributed by atoms with Gasteiger partial charge in [0.1, 0.15) is 13.2 Å². The number of nitrogens with one attached hydrogen (secondary N) is 1. The summed E-state index contributed by atoms with van der Waals surface area (Å²) in [6, 6.07) is -0.762. The number of nitrogens with zero attached hydrogens (tertiary/aromatic N) is 1. The Kier molecular flexibility index (Phi) is 46.8. The third-order valence-electron chi connectivity index (χ3n) is 13.0. The monoisotopic (exact) mass is 928 g/mol. The standard InChI is InChI=1S/C55H111N2O6P/c1-6-8-10-12-14-16-18-20-22-23-24-25-26-27-28-29-30-31-32-33-35-36-38-40-42-44-46-48-54(58)53(52-63-64(60,61)62-51-50-57(3,4)5)56-55(59)49-47-45-43-41-39-37-34-21-19-17-15-13-11-9-7-2/h21,34,53-54,58H,6-20,22-33,35-52H2,1-5H3,(H-,56,59,60,61)/p+1/b34-21-. The van der Waals surface area contributed by atoms with Crippen molar-refractivity contribution in [3.05, 3.63) is 12.2 Å². The first-order valence-electron chi connectivity index (χ1n) is 28.1. The van der Waals surface area contributed by atoms with Crippen LogP contribution in [-0.2, 0) is 18.4 Å². The molecule has 0 spiro atoms. The van der Waals surface area contributed by atoms with Crippen molar-refractivity contribution in [1.82, 2.24) is 5.32 Å². The van der Waals surface area contributed by atoms with E-state index in [0.29, 0.717) is 23.9 Å². The maximum absolute atomic E-state index is 12.9. The third kappa shape index (κ3) is 49.2. The van der Waals surface area contributed by atoms with E-state index in [9.17, 15) is 19.4 Å². The van der Waals surface area contributed by atoms with E-state index >= 15 is 0 Å². The summed E-state index contributed by atoms with van der Waals surface area (Å²) < 4.78 is 23.7. The Morgan fingerprint density at radius 3 is 1.20 bits per heavy atom. The maximum Gasteiger partial charge on any atom is 0.472 e. The summed E-state index contributed by atoms with van der Waals surface area (Å²) in [4.78, 5) is 23.3. The number of aliphatic hydroxyl groups is 1. The van der Waals surface area contributed by atoms with Crippen molar-refractivity contribution >= 4 is 13.7 Å². The number of unbranched alkanes of at least 4 members (excludes halogenated alkanes) is 37. The molecule has 1 amide bonds. The molecular weight excluding hydrogens is 816 g/mol. The molecule has 0 radical (unpaired) electrons. The fourth-order valence-corrected chi connectivity index (χ4v) is 9.31. The van der Waals surface area contributed by atoms with Crippen molar-refractivity contribution in [2.75, 3.05) is 40.9 Å². The summed E-state index contributed by atoms with van der Waals surface area (Å²) in [5.41, 5.74) is 0. The minimum absolute atomic E-state index is 0.0753. The Bertz CT molecular complexity index is 1050. The van der Waals surface area contributed by atoms with Crippen LogP contribution in [0.4, 0.5) is 0 Å². The molecule has 3 N–H and O–H groups in total. The zero-order valence-corrected chi connectivity index (χ0v) is 44.4. The van der Waals surface area contributed by atoms with Crippen LogP contribution in [0.2, 0.25) is 0 Å². The van der Waals surface area contributed by atoms with E-state index in [1.54, 1.807) is 0 Å². The molecule has 0 aliphatic heterocycles. The fraction of sp³-hybridized carbons (Fsp3) is 0.945. The molecule has 0 saturated heterocycles. The van der Waals surface area contributed by atoms with Gasteiger partial charge in [-0.05, 0) is 38.5 Å². The number of allylic oxidation sites excluding steroid dienone is 2. The van der Waals surface area contributed by atoms with E-state index in [4.69, 9.17) is 9.05 Å². The summed E-state index contributed by atoms with van der Waals surface area (Å²) in [6.07, 6.45) is 57.0. The second kappa shape index (κ2) is 47.3.